The Labute approximate surface area is 140 Å². The molecule has 2 aromatic rings. The van der Waals surface area contributed by atoms with Crippen LogP contribution in [0, 0.1) is 0 Å². The van der Waals surface area contributed by atoms with Crippen molar-refractivity contribution in [2.75, 3.05) is 11.4 Å². The van der Waals surface area contributed by atoms with Crippen LogP contribution in [0.3, 0.4) is 0 Å². The summed E-state index contributed by atoms with van der Waals surface area (Å²) in [4.78, 5) is 33.3. The van der Waals surface area contributed by atoms with Crippen LogP contribution in [0.5, 0.6) is 0 Å². The Morgan fingerprint density at radius 1 is 1.38 bits per heavy atom. The summed E-state index contributed by atoms with van der Waals surface area (Å²) in [5.41, 5.74) is 13.9. The molecule has 2 amide bonds. The number of H-pyrrole nitrogens is 1. The average Bonchev–Trinajstić information content (AvgIpc) is 3.15. The second kappa shape index (κ2) is 6.45. The van der Waals surface area contributed by atoms with Gasteiger partial charge in [0, 0.05) is 12.1 Å². The molecule has 0 aliphatic carbocycles. The molecule has 1 atom stereocenters. The molecule has 1 aromatic carbocycles. The monoisotopic (exact) mass is 327 g/mol. The molecule has 0 spiro atoms. The van der Waals surface area contributed by atoms with Crippen LogP contribution in [-0.2, 0) is 17.6 Å². The molecule has 0 saturated heterocycles. The minimum Gasteiger partial charge on any atom is -0.364 e. The Hall–Kier alpha value is -2.67. The highest BCUT2D eigenvalue weighted by atomic mass is 16.2. The number of hydrogen-bond acceptors (Lipinski definition) is 4. The second-order valence-corrected chi connectivity index (χ2v) is 5.87. The van der Waals surface area contributed by atoms with Gasteiger partial charge in [-0.2, -0.15) is 0 Å². The number of anilines is 1. The third kappa shape index (κ3) is 2.67. The van der Waals surface area contributed by atoms with Crippen molar-refractivity contribution in [3.05, 3.63) is 47.0 Å². The molecule has 1 aliphatic heterocycles. The van der Waals surface area contributed by atoms with E-state index in [-0.39, 0.29) is 18.5 Å². The third-order valence-corrected chi connectivity index (χ3v) is 4.27. The first kappa shape index (κ1) is 16.2. The lowest BCUT2D eigenvalue weighted by atomic mass is 10.1. The Bertz CT molecular complexity index is 783. The van der Waals surface area contributed by atoms with Gasteiger partial charge in [0.1, 0.15) is 11.5 Å². The number of hydrogen-bond donors (Lipinski definition) is 3. The van der Waals surface area contributed by atoms with E-state index in [0.29, 0.717) is 30.1 Å². The summed E-state index contributed by atoms with van der Waals surface area (Å²) in [7, 11) is 0. The second-order valence-electron chi connectivity index (χ2n) is 5.87. The molecule has 1 aliphatic rings. The molecule has 1 aromatic heterocycles. The highest BCUT2D eigenvalue weighted by Crippen LogP contribution is 2.39. The first-order valence-corrected chi connectivity index (χ1v) is 8.05. The van der Waals surface area contributed by atoms with Gasteiger partial charge in [-0.25, -0.2) is 4.98 Å². The molecule has 7 heteroatoms. The lowest BCUT2D eigenvalue weighted by molar-refractivity contribution is -0.117. The number of carbonyl (C=O) groups is 2. The zero-order chi connectivity index (χ0) is 17.3. The number of carbonyl (C=O) groups excluding carboxylic acids is 2. The SMILES string of the molecule is CCCc1nc(C2Cc3ccccc3N2C(=O)CN)[nH]c1C(N)=O. The summed E-state index contributed by atoms with van der Waals surface area (Å²) in [6.45, 7) is 1.92. The number of imidazole rings is 1. The number of para-hydroxylation sites is 1. The maximum Gasteiger partial charge on any atom is 0.267 e. The van der Waals surface area contributed by atoms with Crippen molar-refractivity contribution in [3.63, 3.8) is 0 Å². The Balaban J connectivity index is 2.04. The van der Waals surface area contributed by atoms with E-state index in [0.717, 1.165) is 17.7 Å². The van der Waals surface area contributed by atoms with E-state index in [2.05, 4.69) is 9.97 Å². The quantitative estimate of drug-likeness (QED) is 0.760. The van der Waals surface area contributed by atoms with Crippen molar-refractivity contribution in [2.24, 2.45) is 11.5 Å². The van der Waals surface area contributed by atoms with Crippen LogP contribution in [0.4, 0.5) is 5.69 Å². The normalized spacial score (nSPS) is 16.2. The summed E-state index contributed by atoms with van der Waals surface area (Å²) >= 11 is 0. The summed E-state index contributed by atoms with van der Waals surface area (Å²) in [6, 6.07) is 7.40. The summed E-state index contributed by atoms with van der Waals surface area (Å²) in [6.07, 6.45) is 2.12. The standard InChI is InChI=1S/C17H21N5O2/c1-2-5-11-15(16(19)24)21-17(20-11)13-8-10-6-3-4-7-12(10)22(13)14(23)9-18/h3-4,6-7,13H,2,5,8-9,18H2,1H3,(H2,19,24)(H,20,21). The largest absolute Gasteiger partial charge is 0.364 e. The lowest BCUT2D eigenvalue weighted by Crippen LogP contribution is -2.37. The molecule has 126 valence electrons. The van der Waals surface area contributed by atoms with E-state index in [1.54, 1.807) is 4.90 Å². The summed E-state index contributed by atoms with van der Waals surface area (Å²) in [5, 5.41) is 0. The van der Waals surface area contributed by atoms with Crippen LogP contribution < -0.4 is 16.4 Å². The minimum absolute atomic E-state index is 0.0873. The number of benzene rings is 1. The number of rotatable bonds is 5. The van der Waals surface area contributed by atoms with Gasteiger partial charge < -0.3 is 21.4 Å². The Morgan fingerprint density at radius 3 is 2.79 bits per heavy atom. The van der Waals surface area contributed by atoms with Crippen LogP contribution in [0.25, 0.3) is 0 Å². The number of primary amides is 1. The van der Waals surface area contributed by atoms with Gasteiger partial charge >= 0.3 is 0 Å². The molecule has 24 heavy (non-hydrogen) atoms. The number of amides is 2. The smallest absolute Gasteiger partial charge is 0.267 e. The first-order chi connectivity index (χ1) is 11.6. The van der Waals surface area contributed by atoms with Crippen molar-refractivity contribution >= 4 is 17.5 Å². The maximum absolute atomic E-state index is 12.4. The van der Waals surface area contributed by atoms with Gasteiger partial charge in [0.25, 0.3) is 5.91 Å². The molecular weight excluding hydrogens is 306 g/mol. The molecule has 0 fully saturated rings. The topological polar surface area (TPSA) is 118 Å². The molecule has 0 saturated carbocycles. The van der Waals surface area contributed by atoms with Gasteiger partial charge in [-0.05, 0) is 18.1 Å². The molecule has 0 bridgehead atoms. The zero-order valence-electron chi connectivity index (χ0n) is 13.6. The third-order valence-electron chi connectivity index (χ3n) is 4.27. The van der Waals surface area contributed by atoms with E-state index < -0.39 is 5.91 Å². The maximum atomic E-state index is 12.4. The molecule has 5 N–H and O–H groups in total. The van der Waals surface area contributed by atoms with Crippen LogP contribution in [-0.4, -0.2) is 28.3 Å². The fourth-order valence-corrected chi connectivity index (χ4v) is 3.22. The van der Waals surface area contributed by atoms with E-state index in [1.165, 1.54) is 0 Å². The fraction of sp³-hybridized carbons (Fsp3) is 0.353. The minimum atomic E-state index is -0.538. The molecule has 1 unspecified atom stereocenters. The van der Waals surface area contributed by atoms with Gasteiger partial charge in [0.05, 0.1) is 18.3 Å². The molecule has 2 heterocycles. The number of nitrogens with zero attached hydrogens (tertiary/aromatic N) is 2. The molecular formula is C17H21N5O2. The number of nitrogens with one attached hydrogen (secondary N) is 1. The number of aromatic nitrogens is 2. The predicted molar refractivity (Wildman–Crippen MR) is 90.5 cm³/mol. The van der Waals surface area contributed by atoms with Gasteiger partial charge in [-0.3, -0.25) is 9.59 Å². The highest BCUT2D eigenvalue weighted by Gasteiger charge is 2.36. The van der Waals surface area contributed by atoms with Gasteiger partial charge in [0.15, 0.2) is 0 Å². The summed E-state index contributed by atoms with van der Waals surface area (Å²) < 4.78 is 0. The Kier molecular flexibility index (Phi) is 4.35. The average molecular weight is 327 g/mol. The van der Waals surface area contributed by atoms with Crippen molar-refractivity contribution in [1.82, 2.24) is 9.97 Å². The van der Waals surface area contributed by atoms with Crippen LogP contribution in [0.1, 0.15) is 47.0 Å². The number of fused-ring (bicyclic) bond motifs is 1. The van der Waals surface area contributed by atoms with Crippen molar-refractivity contribution < 1.29 is 9.59 Å². The first-order valence-electron chi connectivity index (χ1n) is 8.05. The van der Waals surface area contributed by atoms with E-state index in [9.17, 15) is 9.59 Å². The van der Waals surface area contributed by atoms with Crippen LogP contribution in [0.2, 0.25) is 0 Å². The van der Waals surface area contributed by atoms with Crippen LogP contribution in [0.15, 0.2) is 24.3 Å². The van der Waals surface area contributed by atoms with Crippen molar-refractivity contribution in [1.29, 1.82) is 0 Å². The van der Waals surface area contributed by atoms with Gasteiger partial charge in [0.2, 0.25) is 5.91 Å². The molecule has 0 radical (unpaired) electrons. The van der Waals surface area contributed by atoms with Crippen LogP contribution >= 0.6 is 0 Å². The fourth-order valence-electron chi connectivity index (χ4n) is 3.22. The van der Waals surface area contributed by atoms with E-state index in [1.807, 2.05) is 31.2 Å². The number of nitrogens with two attached hydrogens (primary N) is 2. The molecule has 3 rings (SSSR count). The van der Waals surface area contributed by atoms with E-state index >= 15 is 0 Å². The number of aryl methyl sites for hydroxylation is 1. The van der Waals surface area contributed by atoms with Crippen molar-refractivity contribution in [3.8, 4) is 0 Å². The summed E-state index contributed by atoms with van der Waals surface area (Å²) in [5.74, 6) is -0.145. The molecule has 7 nitrogen and oxygen atoms in total. The number of aromatic amines is 1. The van der Waals surface area contributed by atoms with Gasteiger partial charge in [-0.15, -0.1) is 0 Å². The lowest BCUT2D eigenvalue weighted by Gasteiger charge is -2.23. The van der Waals surface area contributed by atoms with Gasteiger partial charge in [-0.1, -0.05) is 31.5 Å². The highest BCUT2D eigenvalue weighted by molar-refractivity contribution is 5.97. The predicted octanol–water partition coefficient (Wildman–Crippen LogP) is 1.05. The zero-order valence-corrected chi connectivity index (χ0v) is 13.6. The van der Waals surface area contributed by atoms with Crippen molar-refractivity contribution in [2.45, 2.75) is 32.2 Å². The Morgan fingerprint density at radius 2 is 2.12 bits per heavy atom. The van der Waals surface area contributed by atoms with E-state index in [4.69, 9.17) is 11.5 Å².